The predicted octanol–water partition coefficient (Wildman–Crippen LogP) is 3.34. The summed E-state index contributed by atoms with van der Waals surface area (Å²) < 4.78 is 5.33. The van der Waals surface area contributed by atoms with Gasteiger partial charge in [0.1, 0.15) is 10.6 Å². The Hall–Kier alpha value is -2.34. The Bertz CT molecular complexity index is 711. The van der Waals surface area contributed by atoms with Crippen molar-refractivity contribution in [2.75, 3.05) is 7.11 Å². The number of hydrogen-bond acceptors (Lipinski definition) is 4. The molecule has 2 aromatic rings. The Labute approximate surface area is 145 Å². The minimum absolute atomic E-state index is 0.0392. The fourth-order valence-electron chi connectivity index (χ4n) is 2.48. The van der Waals surface area contributed by atoms with Gasteiger partial charge in [0, 0.05) is 11.3 Å². The number of hydrogen-bond donors (Lipinski definition) is 2. The van der Waals surface area contributed by atoms with E-state index in [9.17, 15) is 9.59 Å². The van der Waals surface area contributed by atoms with Crippen LogP contribution in [-0.4, -0.2) is 24.1 Å². The molecule has 0 saturated carbocycles. The molecule has 0 aliphatic carbocycles. The van der Waals surface area contributed by atoms with Crippen molar-refractivity contribution < 1.29 is 19.4 Å². The topological polar surface area (TPSA) is 75.6 Å². The van der Waals surface area contributed by atoms with Crippen molar-refractivity contribution in [3.8, 4) is 5.75 Å². The molecular formula is C18H21NO4S. The van der Waals surface area contributed by atoms with E-state index in [-0.39, 0.29) is 16.7 Å². The smallest absolute Gasteiger partial charge is 0.345 e. The van der Waals surface area contributed by atoms with Crippen LogP contribution in [0, 0.1) is 5.92 Å². The van der Waals surface area contributed by atoms with Gasteiger partial charge < -0.3 is 15.2 Å². The lowest BCUT2D eigenvalue weighted by atomic mass is 9.97. The summed E-state index contributed by atoms with van der Waals surface area (Å²) in [4.78, 5) is 24.0. The van der Waals surface area contributed by atoms with Crippen LogP contribution in [0.1, 0.15) is 33.5 Å². The summed E-state index contributed by atoms with van der Waals surface area (Å²) >= 11 is 1.18. The third-order valence-electron chi connectivity index (χ3n) is 3.63. The molecule has 0 spiro atoms. The van der Waals surface area contributed by atoms with Gasteiger partial charge in [0.25, 0.3) is 0 Å². The second kappa shape index (κ2) is 8.49. The molecule has 128 valence electrons. The van der Waals surface area contributed by atoms with Gasteiger partial charge in [-0.3, -0.25) is 4.79 Å². The molecule has 5 nitrogen and oxygen atoms in total. The second-order valence-corrected chi connectivity index (χ2v) is 6.84. The average Bonchev–Trinajstić information content (AvgIpc) is 3.02. The van der Waals surface area contributed by atoms with E-state index in [0.717, 1.165) is 22.6 Å². The molecule has 0 bridgehead atoms. The van der Waals surface area contributed by atoms with Crippen LogP contribution in [-0.2, 0) is 17.8 Å². The molecule has 1 aromatic heterocycles. The highest BCUT2D eigenvalue weighted by Crippen LogP contribution is 2.22. The van der Waals surface area contributed by atoms with Gasteiger partial charge in [0.05, 0.1) is 13.7 Å². The molecule has 1 heterocycles. The maximum atomic E-state index is 12.1. The molecule has 6 heteroatoms. The first-order valence-electron chi connectivity index (χ1n) is 7.70. The maximum absolute atomic E-state index is 12.1. The van der Waals surface area contributed by atoms with E-state index >= 15 is 0 Å². The molecule has 0 aliphatic heterocycles. The van der Waals surface area contributed by atoms with Crippen LogP contribution >= 0.6 is 11.3 Å². The third kappa shape index (κ3) is 5.09. The number of carboxylic acids is 1. The first-order valence-corrected chi connectivity index (χ1v) is 8.52. The van der Waals surface area contributed by atoms with Crippen LogP contribution in [0.2, 0.25) is 0 Å². The lowest BCUT2D eigenvalue weighted by molar-refractivity contribution is -0.122. The van der Waals surface area contributed by atoms with Gasteiger partial charge in [0.2, 0.25) is 5.91 Å². The summed E-state index contributed by atoms with van der Waals surface area (Å²) in [6.45, 7) is 2.39. The first kappa shape index (κ1) is 18.0. The van der Waals surface area contributed by atoms with Crippen molar-refractivity contribution in [2.24, 2.45) is 5.92 Å². The number of ether oxygens (including phenoxy) is 1. The highest BCUT2D eigenvalue weighted by molar-refractivity contribution is 7.13. The van der Waals surface area contributed by atoms with Crippen LogP contribution in [0.4, 0.5) is 0 Å². The van der Waals surface area contributed by atoms with Crippen LogP contribution < -0.4 is 10.1 Å². The molecule has 1 unspecified atom stereocenters. The average molecular weight is 347 g/mol. The Balaban J connectivity index is 1.81. The molecule has 0 radical (unpaired) electrons. The SMILES string of the molecule is COc1ccccc1CC(C)CC(=O)NCc1ccc(C(=O)O)s1. The van der Waals surface area contributed by atoms with Crippen molar-refractivity contribution in [3.05, 3.63) is 51.7 Å². The van der Waals surface area contributed by atoms with E-state index < -0.39 is 5.97 Å². The van der Waals surface area contributed by atoms with Gasteiger partial charge >= 0.3 is 5.97 Å². The third-order valence-corrected chi connectivity index (χ3v) is 4.70. The lowest BCUT2D eigenvalue weighted by Gasteiger charge is -2.14. The summed E-state index contributed by atoms with van der Waals surface area (Å²) in [5.41, 5.74) is 1.09. The van der Waals surface area contributed by atoms with Crippen LogP contribution in [0.15, 0.2) is 36.4 Å². The Kier molecular flexibility index (Phi) is 6.37. The van der Waals surface area contributed by atoms with Crippen LogP contribution in [0.3, 0.4) is 0 Å². The predicted molar refractivity (Wildman–Crippen MR) is 93.6 cm³/mol. The molecule has 2 rings (SSSR count). The molecule has 1 atom stereocenters. The van der Waals surface area contributed by atoms with Crippen molar-refractivity contribution in [3.63, 3.8) is 0 Å². The van der Waals surface area contributed by atoms with Gasteiger partial charge in [-0.1, -0.05) is 25.1 Å². The zero-order chi connectivity index (χ0) is 17.5. The molecule has 0 aliphatic rings. The van der Waals surface area contributed by atoms with Crippen molar-refractivity contribution in [1.82, 2.24) is 5.32 Å². The Morgan fingerprint density at radius 2 is 2.00 bits per heavy atom. The van der Waals surface area contributed by atoms with E-state index in [0.29, 0.717) is 13.0 Å². The van der Waals surface area contributed by atoms with E-state index in [1.807, 2.05) is 31.2 Å². The number of para-hydroxylation sites is 1. The number of methoxy groups -OCH3 is 1. The standard InChI is InChI=1S/C18H21NO4S/c1-12(9-13-5-3-4-6-15(13)23-2)10-17(20)19-11-14-7-8-16(24-14)18(21)22/h3-8,12H,9-11H2,1-2H3,(H,19,20)(H,21,22). The summed E-state index contributed by atoms with van der Waals surface area (Å²) in [6.07, 6.45) is 1.18. The number of aromatic carboxylic acids is 1. The molecule has 1 aromatic carbocycles. The van der Waals surface area contributed by atoms with Crippen LogP contribution in [0.25, 0.3) is 0 Å². The van der Waals surface area contributed by atoms with Gasteiger partial charge in [-0.2, -0.15) is 0 Å². The molecular weight excluding hydrogens is 326 g/mol. The molecule has 2 N–H and O–H groups in total. The fraction of sp³-hybridized carbons (Fsp3) is 0.333. The Morgan fingerprint density at radius 1 is 1.25 bits per heavy atom. The minimum Gasteiger partial charge on any atom is -0.496 e. The summed E-state index contributed by atoms with van der Waals surface area (Å²) in [5, 5.41) is 11.7. The first-order chi connectivity index (χ1) is 11.5. The number of carbonyl (C=O) groups excluding carboxylic acids is 1. The second-order valence-electron chi connectivity index (χ2n) is 5.67. The number of benzene rings is 1. The van der Waals surface area contributed by atoms with E-state index in [2.05, 4.69) is 5.32 Å². The number of amides is 1. The molecule has 0 saturated heterocycles. The van der Waals surface area contributed by atoms with Gasteiger partial charge in [-0.15, -0.1) is 11.3 Å². The van der Waals surface area contributed by atoms with Crippen LogP contribution in [0.5, 0.6) is 5.75 Å². The molecule has 0 fully saturated rings. The highest BCUT2D eigenvalue weighted by Gasteiger charge is 2.13. The van der Waals surface area contributed by atoms with E-state index in [1.165, 1.54) is 11.3 Å². The lowest BCUT2D eigenvalue weighted by Crippen LogP contribution is -2.24. The monoisotopic (exact) mass is 347 g/mol. The number of nitrogens with one attached hydrogen (secondary N) is 1. The van der Waals surface area contributed by atoms with Crippen molar-refractivity contribution in [1.29, 1.82) is 0 Å². The number of rotatable bonds is 8. The Morgan fingerprint density at radius 3 is 2.67 bits per heavy atom. The summed E-state index contributed by atoms with van der Waals surface area (Å²) in [6, 6.07) is 11.1. The zero-order valence-electron chi connectivity index (χ0n) is 13.7. The maximum Gasteiger partial charge on any atom is 0.345 e. The zero-order valence-corrected chi connectivity index (χ0v) is 14.6. The van der Waals surface area contributed by atoms with E-state index in [1.54, 1.807) is 19.2 Å². The fourth-order valence-corrected chi connectivity index (χ4v) is 3.27. The van der Waals surface area contributed by atoms with Crippen molar-refractivity contribution in [2.45, 2.75) is 26.3 Å². The number of carboxylic acid groups (broad SMARTS) is 1. The minimum atomic E-state index is -0.942. The van der Waals surface area contributed by atoms with Gasteiger partial charge in [0.15, 0.2) is 0 Å². The summed E-state index contributed by atoms with van der Waals surface area (Å²) in [7, 11) is 1.64. The summed E-state index contributed by atoms with van der Waals surface area (Å²) in [5.74, 6) is 0.0365. The normalized spacial score (nSPS) is 11.8. The van der Waals surface area contributed by atoms with Crippen molar-refractivity contribution >= 4 is 23.2 Å². The van der Waals surface area contributed by atoms with Gasteiger partial charge in [-0.05, 0) is 36.1 Å². The largest absolute Gasteiger partial charge is 0.496 e. The highest BCUT2D eigenvalue weighted by atomic mass is 32.1. The number of thiophene rings is 1. The van der Waals surface area contributed by atoms with Gasteiger partial charge in [-0.25, -0.2) is 4.79 Å². The number of carbonyl (C=O) groups is 2. The quantitative estimate of drug-likeness (QED) is 0.768. The van der Waals surface area contributed by atoms with E-state index in [4.69, 9.17) is 9.84 Å². The molecule has 24 heavy (non-hydrogen) atoms. The molecule has 1 amide bonds.